The highest BCUT2D eigenvalue weighted by atomic mass is 35.5. The number of unbranched alkanes of at least 4 members (excludes halogenated alkanes) is 1. The number of benzene rings is 2. The summed E-state index contributed by atoms with van der Waals surface area (Å²) in [5.74, 6) is -0.790. The maximum Gasteiger partial charge on any atom is 0.244 e. The Labute approximate surface area is 212 Å². The number of anilines is 1. The zero-order chi connectivity index (χ0) is 25.3. The van der Waals surface area contributed by atoms with Crippen LogP contribution in [0.2, 0.25) is 10.0 Å². The van der Waals surface area contributed by atoms with E-state index < -0.39 is 28.5 Å². The third-order valence-electron chi connectivity index (χ3n) is 5.30. The lowest BCUT2D eigenvalue weighted by Gasteiger charge is -2.31. The fraction of sp³-hybridized carbons (Fsp3) is 0.417. The van der Waals surface area contributed by atoms with Gasteiger partial charge in [-0.2, -0.15) is 0 Å². The predicted molar refractivity (Wildman–Crippen MR) is 138 cm³/mol. The van der Waals surface area contributed by atoms with Gasteiger partial charge in [0.2, 0.25) is 21.8 Å². The Hall–Kier alpha value is -2.29. The van der Waals surface area contributed by atoms with Crippen LogP contribution in [0.5, 0.6) is 0 Å². The maximum atomic E-state index is 13.4. The lowest BCUT2D eigenvalue weighted by Crippen LogP contribution is -2.52. The first-order valence-corrected chi connectivity index (χ1v) is 13.7. The SMILES string of the molecule is CCCCNC(=O)[C@H](C)N(CCc1ccccc1)C(=O)CN(c1cc(Cl)cc(Cl)c1)S(C)(=O)=O. The summed E-state index contributed by atoms with van der Waals surface area (Å²) in [7, 11) is -3.84. The minimum Gasteiger partial charge on any atom is -0.354 e. The Balaban J connectivity index is 2.30. The Kier molecular flexibility index (Phi) is 10.7. The van der Waals surface area contributed by atoms with Crippen LogP contribution in [0.3, 0.4) is 0 Å². The molecule has 186 valence electrons. The average molecular weight is 529 g/mol. The standard InChI is InChI=1S/C24H31Cl2N3O4S/c1-4-5-12-27-24(31)18(2)28(13-11-19-9-7-6-8-10-19)23(30)17-29(34(3,32)33)22-15-20(25)14-21(26)16-22/h6-10,14-16,18H,4-5,11-13,17H2,1-3H3,(H,27,31)/t18-/m0/s1. The number of carbonyl (C=O) groups excluding carboxylic acids is 2. The van der Waals surface area contributed by atoms with Crippen LogP contribution in [-0.2, 0) is 26.0 Å². The molecule has 0 saturated heterocycles. The lowest BCUT2D eigenvalue weighted by atomic mass is 10.1. The van der Waals surface area contributed by atoms with Crippen molar-refractivity contribution in [3.8, 4) is 0 Å². The van der Waals surface area contributed by atoms with Gasteiger partial charge in [-0.05, 0) is 43.5 Å². The van der Waals surface area contributed by atoms with E-state index in [1.54, 1.807) is 6.92 Å². The van der Waals surface area contributed by atoms with Gasteiger partial charge in [0.25, 0.3) is 0 Å². The Morgan fingerprint density at radius 1 is 1.06 bits per heavy atom. The molecule has 2 rings (SSSR count). The first kappa shape index (κ1) is 28.0. The molecule has 7 nitrogen and oxygen atoms in total. The minimum atomic E-state index is -3.84. The van der Waals surface area contributed by atoms with E-state index in [9.17, 15) is 18.0 Å². The van der Waals surface area contributed by atoms with Crippen molar-refractivity contribution in [3.63, 3.8) is 0 Å². The normalized spacial score (nSPS) is 12.1. The van der Waals surface area contributed by atoms with E-state index in [0.29, 0.717) is 13.0 Å². The smallest absolute Gasteiger partial charge is 0.244 e. The van der Waals surface area contributed by atoms with Crippen LogP contribution in [-0.4, -0.2) is 57.1 Å². The van der Waals surface area contributed by atoms with Crippen molar-refractivity contribution in [2.45, 2.75) is 39.2 Å². The van der Waals surface area contributed by atoms with E-state index >= 15 is 0 Å². The number of hydrogen-bond donors (Lipinski definition) is 1. The zero-order valence-electron chi connectivity index (χ0n) is 19.6. The molecule has 0 aliphatic heterocycles. The second-order valence-electron chi connectivity index (χ2n) is 8.04. The minimum absolute atomic E-state index is 0.177. The van der Waals surface area contributed by atoms with Crippen molar-refractivity contribution in [1.29, 1.82) is 0 Å². The number of rotatable bonds is 12. The molecule has 0 saturated carbocycles. The highest BCUT2D eigenvalue weighted by molar-refractivity contribution is 7.92. The second kappa shape index (κ2) is 13.0. The summed E-state index contributed by atoms with van der Waals surface area (Å²) in [6.45, 7) is 3.94. The number of carbonyl (C=O) groups is 2. The molecule has 0 heterocycles. The average Bonchev–Trinajstić information content (AvgIpc) is 2.76. The lowest BCUT2D eigenvalue weighted by molar-refractivity contribution is -0.138. The monoisotopic (exact) mass is 527 g/mol. The van der Waals surface area contributed by atoms with Crippen molar-refractivity contribution < 1.29 is 18.0 Å². The van der Waals surface area contributed by atoms with Crippen LogP contribution >= 0.6 is 23.2 Å². The molecule has 2 aromatic carbocycles. The van der Waals surface area contributed by atoms with Gasteiger partial charge < -0.3 is 10.2 Å². The molecule has 2 amide bonds. The number of amides is 2. The fourth-order valence-electron chi connectivity index (χ4n) is 3.40. The molecule has 2 aromatic rings. The molecule has 0 aromatic heterocycles. The molecule has 0 bridgehead atoms. The Morgan fingerprint density at radius 3 is 2.24 bits per heavy atom. The summed E-state index contributed by atoms with van der Waals surface area (Å²) in [6, 6.07) is 13.1. The summed E-state index contributed by atoms with van der Waals surface area (Å²) < 4.78 is 26.1. The van der Waals surface area contributed by atoms with Crippen LogP contribution in [0.1, 0.15) is 32.3 Å². The van der Waals surface area contributed by atoms with Crippen LogP contribution in [0, 0.1) is 0 Å². The van der Waals surface area contributed by atoms with Crippen molar-refractivity contribution in [2.24, 2.45) is 0 Å². The molecule has 34 heavy (non-hydrogen) atoms. The highest BCUT2D eigenvalue weighted by Gasteiger charge is 2.29. The van der Waals surface area contributed by atoms with E-state index in [-0.39, 0.29) is 28.2 Å². The number of nitrogens with zero attached hydrogens (tertiary/aromatic N) is 2. The molecule has 1 atom stereocenters. The predicted octanol–water partition coefficient (Wildman–Crippen LogP) is 4.14. The molecule has 0 unspecified atom stereocenters. The molecule has 0 aliphatic rings. The Morgan fingerprint density at radius 2 is 1.68 bits per heavy atom. The van der Waals surface area contributed by atoms with Crippen molar-refractivity contribution in [3.05, 3.63) is 64.1 Å². The highest BCUT2D eigenvalue weighted by Crippen LogP contribution is 2.27. The molecule has 0 radical (unpaired) electrons. The van der Waals surface area contributed by atoms with E-state index in [1.807, 2.05) is 37.3 Å². The van der Waals surface area contributed by atoms with Crippen LogP contribution in [0.25, 0.3) is 0 Å². The van der Waals surface area contributed by atoms with Gasteiger partial charge >= 0.3 is 0 Å². The third kappa shape index (κ3) is 8.49. The first-order valence-electron chi connectivity index (χ1n) is 11.1. The molecule has 0 aliphatic carbocycles. The molecule has 0 fully saturated rings. The molecular weight excluding hydrogens is 497 g/mol. The van der Waals surface area contributed by atoms with Gasteiger partial charge in [-0.15, -0.1) is 0 Å². The van der Waals surface area contributed by atoms with Crippen molar-refractivity contribution >= 4 is 50.7 Å². The van der Waals surface area contributed by atoms with E-state index in [0.717, 1.165) is 29.0 Å². The number of hydrogen-bond acceptors (Lipinski definition) is 4. The number of halogens is 2. The van der Waals surface area contributed by atoms with Gasteiger partial charge in [0.15, 0.2) is 0 Å². The Bertz CT molecular complexity index is 1060. The van der Waals surface area contributed by atoms with E-state index in [1.165, 1.54) is 23.1 Å². The van der Waals surface area contributed by atoms with E-state index in [2.05, 4.69) is 5.32 Å². The maximum absolute atomic E-state index is 13.4. The summed E-state index contributed by atoms with van der Waals surface area (Å²) in [4.78, 5) is 27.6. The summed E-state index contributed by atoms with van der Waals surface area (Å²) in [6.07, 6.45) is 3.27. The third-order valence-corrected chi connectivity index (χ3v) is 6.87. The van der Waals surface area contributed by atoms with Gasteiger partial charge in [0.05, 0.1) is 11.9 Å². The number of nitrogens with one attached hydrogen (secondary N) is 1. The van der Waals surface area contributed by atoms with Gasteiger partial charge in [0.1, 0.15) is 12.6 Å². The molecule has 1 N–H and O–H groups in total. The van der Waals surface area contributed by atoms with Crippen molar-refractivity contribution in [1.82, 2.24) is 10.2 Å². The summed E-state index contributed by atoms with van der Waals surface area (Å²) in [5.41, 5.74) is 1.18. The molecular formula is C24H31Cl2N3O4S. The first-order chi connectivity index (χ1) is 16.0. The van der Waals surface area contributed by atoms with Crippen molar-refractivity contribution in [2.75, 3.05) is 30.2 Å². The largest absolute Gasteiger partial charge is 0.354 e. The second-order valence-corrected chi connectivity index (χ2v) is 10.8. The summed E-state index contributed by atoms with van der Waals surface area (Å²) in [5, 5.41) is 3.33. The summed E-state index contributed by atoms with van der Waals surface area (Å²) >= 11 is 12.1. The van der Waals surface area contributed by atoms with E-state index in [4.69, 9.17) is 23.2 Å². The van der Waals surface area contributed by atoms with Crippen LogP contribution in [0.15, 0.2) is 48.5 Å². The van der Waals surface area contributed by atoms with Gasteiger partial charge in [-0.1, -0.05) is 66.9 Å². The quantitative estimate of drug-likeness (QED) is 0.420. The molecule has 10 heteroatoms. The van der Waals surface area contributed by atoms with Gasteiger partial charge in [-0.3, -0.25) is 13.9 Å². The van der Waals surface area contributed by atoms with Gasteiger partial charge in [0, 0.05) is 23.1 Å². The van der Waals surface area contributed by atoms with Gasteiger partial charge in [-0.25, -0.2) is 8.42 Å². The molecule has 0 spiro atoms. The zero-order valence-corrected chi connectivity index (χ0v) is 22.0. The van der Waals surface area contributed by atoms with Crippen LogP contribution in [0.4, 0.5) is 5.69 Å². The number of sulfonamides is 1. The van der Waals surface area contributed by atoms with Crippen LogP contribution < -0.4 is 9.62 Å². The fourth-order valence-corrected chi connectivity index (χ4v) is 4.75. The topological polar surface area (TPSA) is 86.8 Å².